The molecular weight excluding hydrogens is 184 g/mol. The van der Waals surface area contributed by atoms with Crippen molar-refractivity contribution in [1.29, 1.82) is 0 Å². The summed E-state index contributed by atoms with van der Waals surface area (Å²) in [7, 11) is 2.05. The van der Waals surface area contributed by atoms with E-state index in [-0.39, 0.29) is 0 Å². The van der Waals surface area contributed by atoms with Gasteiger partial charge in [-0.25, -0.2) is 0 Å². The lowest BCUT2D eigenvalue weighted by Gasteiger charge is -2.26. The fourth-order valence-electron chi connectivity index (χ4n) is 1.20. The van der Waals surface area contributed by atoms with Gasteiger partial charge in [-0.15, -0.1) is 11.6 Å². The van der Waals surface area contributed by atoms with Gasteiger partial charge in [0.05, 0.1) is 0 Å². The first kappa shape index (κ1) is 10.3. The van der Waals surface area contributed by atoms with E-state index in [1.807, 2.05) is 12.3 Å². The monoisotopic (exact) mass is 198 g/mol. The molecule has 0 fully saturated rings. The Hall–Kier alpha value is -0.760. The van der Waals surface area contributed by atoms with E-state index in [0.717, 1.165) is 0 Å². The molecule has 0 aromatic carbocycles. The molecule has 0 saturated heterocycles. The predicted octanol–water partition coefficient (Wildman–Crippen LogP) is 2.45. The van der Waals surface area contributed by atoms with Crippen LogP contribution in [0.4, 0.5) is 5.69 Å². The van der Waals surface area contributed by atoms with Crippen LogP contribution in [0.5, 0.6) is 0 Å². The molecule has 1 aromatic heterocycles. The van der Waals surface area contributed by atoms with Crippen LogP contribution in [-0.4, -0.2) is 24.0 Å². The minimum Gasteiger partial charge on any atom is -0.370 e. The molecule has 1 atom stereocenters. The third-order valence-corrected chi connectivity index (χ3v) is 2.70. The van der Waals surface area contributed by atoms with E-state index in [9.17, 15) is 0 Å². The molecule has 0 aliphatic carbocycles. The van der Waals surface area contributed by atoms with Crippen molar-refractivity contribution in [3.05, 3.63) is 24.0 Å². The normalized spacial score (nSPS) is 12.6. The molecule has 1 unspecified atom stereocenters. The molecule has 1 rings (SSSR count). The van der Waals surface area contributed by atoms with E-state index in [2.05, 4.69) is 30.8 Å². The highest BCUT2D eigenvalue weighted by molar-refractivity contribution is 6.18. The number of hydrogen-bond acceptors (Lipinski definition) is 2. The second-order valence-electron chi connectivity index (χ2n) is 3.28. The van der Waals surface area contributed by atoms with Crippen LogP contribution in [0.2, 0.25) is 0 Å². The van der Waals surface area contributed by atoms with E-state index in [4.69, 9.17) is 11.6 Å². The zero-order valence-electron chi connectivity index (χ0n) is 8.29. The molecular formula is C10H15ClN2. The molecule has 0 N–H and O–H groups in total. The molecule has 1 aromatic rings. The van der Waals surface area contributed by atoms with E-state index >= 15 is 0 Å². The molecule has 0 radical (unpaired) electrons. The molecule has 3 heteroatoms. The van der Waals surface area contributed by atoms with Crippen LogP contribution in [0, 0.1) is 6.92 Å². The van der Waals surface area contributed by atoms with Crippen LogP contribution in [0.25, 0.3) is 0 Å². The third-order valence-electron chi connectivity index (χ3n) is 2.26. The second kappa shape index (κ2) is 4.47. The maximum atomic E-state index is 5.79. The van der Waals surface area contributed by atoms with Crippen molar-refractivity contribution in [3.63, 3.8) is 0 Å². The van der Waals surface area contributed by atoms with Crippen molar-refractivity contribution in [3.8, 4) is 0 Å². The van der Waals surface area contributed by atoms with E-state index in [0.29, 0.717) is 11.9 Å². The molecule has 1 heterocycles. The van der Waals surface area contributed by atoms with Crippen LogP contribution in [0.3, 0.4) is 0 Å². The van der Waals surface area contributed by atoms with Crippen molar-refractivity contribution in [1.82, 2.24) is 4.98 Å². The van der Waals surface area contributed by atoms with Gasteiger partial charge in [0.2, 0.25) is 0 Å². The molecule has 0 aliphatic heterocycles. The Morgan fingerprint density at radius 2 is 2.31 bits per heavy atom. The largest absolute Gasteiger partial charge is 0.370 e. The summed E-state index contributed by atoms with van der Waals surface area (Å²) >= 11 is 5.79. The van der Waals surface area contributed by atoms with Crippen molar-refractivity contribution in [2.75, 3.05) is 17.8 Å². The first-order chi connectivity index (χ1) is 6.16. The Morgan fingerprint density at radius 3 is 2.85 bits per heavy atom. The highest BCUT2D eigenvalue weighted by Gasteiger charge is 2.09. The average molecular weight is 199 g/mol. The van der Waals surface area contributed by atoms with Gasteiger partial charge in [-0.3, -0.25) is 4.98 Å². The fourth-order valence-corrected chi connectivity index (χ4v) is 1.41. The third kappa shape index (κ3) is 2.34. The fraction of sp³-hybridized carbons (Fsp3) is 0.500. The molecule has 72 valence electrons. The van der Waals surface area contributed by atoms with Gasteiger partial charge in [-0.05, 0) is 25.5 Å². The SMILES string of the molecule is Cc1cnccc1N(C)C(C)CCl. The number of aryl methyl sites for hydroxylation is 1. The number of rotatable bonds is 3. The Bertz CT molecular complexity index is 275. The first-order valence-corrected chi connectivity index (χ1v) is 4.89. The highest BCUT2D eigenvalue weighted by Crippen LogP contribution is 2.18. The molecule has 0 spiro atoms. The lowest BCUT2D eigenvalue weighted by molar-refractivity contribution is 0.758. The summed E-state index contributed by atoms with van der Waals surface area (Å²) in [5.41, 5.74) is 2.38. The molecule has 2 nitrogen and oxygen atoms in total. The molecule has 13 heavy (non-hydrogen) atoms. The summed E-state index contributed by atoms with van der Waals surface area (Å²) < 4.78 is 0. The zero-order valence-corrected chi connectivity index (χ0v) is 9.04. The van der Waals surface area contributed by atoms with Crippen molar-refractivity contribution < 1.29 is 0 Å². The van der Waals surface area contributed by atoms with E-state index in [1.54, 1.807) is 6.20 Å². The summed E-state index contributed by atoms with van der Waals surface area (Å²) in [6, 6.07) is 2.36. The standard InChI is InChI=1S/C10H15ClN2/c1-8-7-12-5-4-10(8)13(3)9(2)6-11/h4-5,7,9H,6H2,1-3H3. The van der Waals surface area contributed by atoms with Crippen LogP contribution >= 0.6 is 11.6 Å². The van der Waals surface area contributed by atoms with Gasteiger partial charge in [0.15, 0.2) is 0 Å². The van der Waals surface area contributed by atoms with Gasteiger partial charge >= 0.3 is 0 Å². The molecule has 0 saturated carbocycles. The molecule has 0 bridgehead atoms. The highest BCUT2D eigenvalue weighted by atomic mass is 35.5. The lowest BCUT2D eigenvalue weighted by Crippen LogP contribution is -2.30. The van der Waals surface area contributed by atoms with Crippen molar-refractivity contribution in [2.45, 2.75) is 19.9 Å². The minimum absolute atomic E-state index is 0.350. The van der Waals surface area contributed by atoms with Crippen molar-refractivity contribution >= 4 is 17.3 Å². The smallest absolute Gasteiger partial charge is 0.0427 e. The number of pyridine rings is 1. The van der Waals surface area contributed by atoms with Crippen LogP contribution in [0.15, 0.2) is 18.5 Å². The van der Waals surface area contributed by atoms with Gasteiger partial charge in [0, 0.05) is 37.1 Å². The van der Waals surface area contributed by atoms with Gasteiger partial charge in [-0.1, -0.05) is 0 Å². The number of aromatic nitrogens is 1. The number of halogens is 1. The Kier molecular flexibility index (Phi) is 3.55. The summed E-state index contributed by atoms with van der Waals surface area (Å²) in [5.74, 6) is 0.637. The number of hydrogen-bond donors (Lipinski definition) is 0. The predicted molar refractivity (Wildman–Crippen MR) is 57.6 cm³/mol. The van der Waals surface area contributed by atoms with E-state index < -0.39 is 0 Å². The maximum absolute atomic E-state index is 5.79. The summed E-state index contributed by atoms with van der Waals surface area (Å²) in [4.78, 5) is 6.22. The van der Waals surface area contributed by atoms with Gasteiger partial charge < -0.3 is 4.90 Å². The first-order valence-electron chi connectivity index (χ1n) is 4.36. The summed E-state index contributed by atoms with van der Waals surface area (Å²) in [6.45, 7) is 4.16. The second-order valence-corrected chi connectivity index (χ2v) is 3.58. The quantitative estimate of drug-likeness (QED) is 0.694. The molecule has 0 aliphatic rings. The minimum atomic E-state index is 0.350. The van der Waals surface area contributed by atoms with Gasteiger partial charge in [-0.2, -0.15) is 0 Å². The number of alkyl halides is 1. The lowest BCUT2D eigenvalue weighted by atomic mass is 10.2. The van der Waals surface area contributed by atoms with Crippen LogP contribution in [0.1, 0.15) is 12.5 Å². The van der Waals surface area contributed by atoms with E-state index in [1.165, 1.54) is 11.3 Å². The van der Waals surface area contributed by atoms with Crippen LogP contribution < -0.4 is 4.90 Å². The summed E-state index contributed by atoms with van der Waals surface area (Å²) in [6.07, 6.45) is 3.67. The number of anilines is 1. The Morgan fingerprint density at radius 1 is 1.62 bits per heavy atom. The average Bonchev–Trinajstić information content (AvgIpc) is 2.16. The van der Waals surface area contributed by atoms with Gasteiger partial charge in [0.1, 0.15) is 0 Å². The summed E-state index contributed by atoms with van der Waals surface area (Å²) in [5, 5.41) is 0. The topological polar surface area (TPSA) is 16.1 Å². The van der Waals surface area contributed by atoms with Gasteiger partial charge in [0.25, 0.3) is 0 Å². The Labute approximate surface area is 84.5 Å². The Balaban J connectivity index is 2.88. The molecule has 0 amide bonds. The maximum Gasteiger partial charge on any atom is 0.0427 e. The van der Waals surface area contributed by atoms with Crippen LogP contribution in [-0.2, 0) is 0 Å². The number of nitrogens with zero attached hydrogens (tertiary/aromatic N) is 2. The van der Waals surface area contributed by atoms with Crippen molar-refractivity contribution in [2.24, 2.45) is 0 Å². The zero-order chi connectivity index (χ0) is 9.84.